The molecule has 0 fully saturated rings. The second-order valence-electron chi connectivity index (χ2n) is 4.00. The predicted octanol–water partition coefficient (Wildman–Crippen LogP) is 0.631. The van der Waals surface area contributed by atoms with Gasteiger partial charge in [0.25, 0.3) is 0 Å². The fraction of sp³-hybridized carbons (Fsp3) is 0.333. The van der Waals surface area contributed by atoms with Gasteiger partial charge >= 0.3 is 0 Å². The molecule has 0 saturated carbocycles. The Morgan fingerprint density at radius 2 is 1.78 bits per heavy atom. The van der Waals surface area contributed by atoms with Gasteiger partial charge in [-0.25, -0.2) is 0 Å². The van der Waals surface area contributed by atoms with E-state index in [4.69, 9.17) is 5.73 Å². The molecule has 1 aromatic carbocycles. The molecule has 0 radical (unpaired) electrons. The molecule has 0 spiro atoms. The number of hydrogen-bond donors (Lipinski definition) is 2. The molecule has 1 aromatic heterocycles. The molecule has 2 atom stereocenters. The number of nitrogens with zero attached hydrogens (tertiary/aromatic N) is 3. The van der Waals surface area contributed by atoms with Crippen LogP contribution >= 0.6 is 12.4 Å². The highest BCUT2D eigenvalue weighted by Crippen LogP contribution is 2.05. The first kappa shape index (κ1) is 14.6. The lowest BCUT2D eigenvalue weighted by Gasteiger charge is -2.18. The van der Waals surface area contributed by atoms with Gasteiger partial charge in [0.2, 0.25) is 0 Å². The molecule has 6 heteroatoms. The normalized spacial score (nSPS) is 13.7. The minimum Gasteiger partial charge on any atom is -0.389 e. The van der Waals surface area contributed by atoms with Crippen molar-refractivity contribution in [3.8, 4) is 0 Å². The Morgan fingerprint density at radius 3 is 2.39 bits per heavy atom. The quantitative estimate of drug-likeness (QED) is 0.834. The van der Waals surface area contributed by atoms with E-state index in [1.807, 2.05) is 30.3 Å². The SMILES string of the molecule is Cl.N[C@H](Cc1ccccc1)[C@@H](O)Cn1nccn1. The van der Waals surface area contributed by atoms with Crippen LogP contribution in [-0.4, -0.2) is 32.2 Å². The van der Waals surface area contributed by atoms with Crippen molar-refractivity contribution in [3.05, 3.63) is 48.3 Å². The fourth-order valence-electron chi connectivity index (χ4n) is 1.66. The number of hydrogen-bond acceptors (Lipinski definition) is 4. The molecule has 0 aliphatic carbocycles. The third-order valence-electron chi connectivity index (χ3n) is 2.63. The van der Waals surface area contributed by atoms with Crippen molar-refractivity contribution in [2.75, 3.05) is 0 Å². The van der Waals surface area contributed by atoms with E-state index in [0.29, 0.717) is 13.0 Å². The molecule has 2 aromatic rings. The summed E-state index contributed by atoms with van der Waals surface area (Å²) in [5, 5.41) is 17.8. The first-order chi connectivity index (χ1) is 8.25. The Labute approximate surface area is 112 Å². The number of halogens is 1. The molecule has 3 N–H and O–H groups in total. The van der Waals surface area contributed by atoms with Crippen LogP contribution in [0, 0.1) is 0 Å². The maximum Gasteiger partial charge on any atom is 0.0907 e. The zero-order valence-electron chi connectivity index (χ0n) is 9.88. The lowest BCUT2D eigenvalue weighted by atomic mass is 10.0. The molecule has 5 nitrogen and oxygen atoms in total. The van der Waals surface area contributed by atoms with Gasteiger partial charge in [0.15, 0.2) is 0 Å². The predicted molar refractivity (Wildman–Crippen MR) is 71.4 cm³/mol. The van der Waals surface area contributed by atoms with E-state index in [2.05, 4.69) is 10.2 Å². The molecule has 0 amide bonds. The van der Waals surface area contributed by atoms with E-state index in [0.717, 1.165) is 5.56 Å². The number of nitrogens with two attached hydrogens (primary N) is 1. The Kier molecular flexibility index (Phi) is 5.77. The summed E-state index contributed by atoms with van der Waals surface area (Å²) in [5.74, 6) is 0. The molecular formula is C12H17ClN4O. The summed E-state index contributed by atoms with van der Waals surface area (Å²) >= 11 is 0. The van der Waals surface area contributed by atoms with Crippen LogP contribution in [-0.2, 0) is 13.0 Å². The third-order valence-corrected chi connectivity index (χ3v) is 2.63. The van der Waals surface area contributed by atoms with Crippen LogP contribution in [0.5, 0.6) is 0 Å². The lowest BCUT2D eigenvalue weighted by Crippen LogP contribution is -2.39. The van der Waals surface area contributed by atoms with Gasteiger partial charge in [-0.3, -0.25) is 0 Å². The highest BCUT2D eigenvalue weighted by Gasteiger charge is 2.16. The van der Waals surface area contributed by atoms with Crippen LogP contribution in [0.15, 0.2) is 42.7 Å². The molecule has 0 unspecified atom stereocenters. The van der Waals surface area contributed by atoms with Gasteiger partial charge in [0, 0.05) is 6.04 Å². The first-order valence-electron chi connectivity index (χ1n) is 5.57. The third kappa shape index (κ3) is 4.10. The summed E-state index contributed by atoms with van der Waals surface area (Å²) in [6.07, 6.45) is 3.15. The molecule has 18 heavy (non-hydrogen) atoms. The van der Waals surface area contributed by atoms with E-state index in [9.17, 15) is 5.11 Å². The van der Waals surface area contributed by atoms with Gasteiger partial charge in [-0.15, -0.1) is 12.4 Å². The highest BCUT2D eigenvalue weighted by atomic mass is 35.5. The van der Waals surface area contributed by atoms with Gasteiger partial charge in [-0.2, -0.15) is 15.0 Å². The van der Waals surface area contributed by atoms with Crippen LogP contribution in [0.2, 0.25) is 0 Å². The number of aromatic nitrogens is 3. The Balaban J connectivity index is 0.00000162. The van der Waals surface area contributed by atoms with Crippen LogP contribution in [0.1, 0.15) is 5.56 Å². The van der Waals surface area contributed by atoms with Crippen molar-refractivity contribution < 1.29 is 5.11 Å². The van der Waals surface area contributed by atoms with Crippen molar-refractivity contribution in [2.24, 2.45) is 5.73 Å². The molecule has 0 aliphatic rings. The number of aliphatic hydroxyl groups is 1. The van der Waals surface area contributed by atoms with Gasteiger partial charge < -0.3 is 10.8 Å². The van der Waals surface area contributed by atoms with Gasteiger partial charge in [-0.1, -0.05) is 30.3 Å². The minimum atomic E-state index is -0.650. The van der Waals surface area contributed by atoms with Crippen LogP contribution < -0.4 is 5.73 Å². The van der Waals surface area contributed by atoms with Crippen molar-refractivity contribution in [1.82, 2.24) is 15.0 Å². The van der Waals surface area contributed by atoms with Gasteiger partial charge in [-0.05, 0) is 12.0 Å². The summed E-state index contributed by atoms with van der Waals surface area (Å²) in [6, 6.07) is 9.56. The van der Waals surface area contributed by atoms with Crippen LogP contribution in [0.3, 0.4) is 0 Å². The number of rotatable bonds is 5. The monoisotopic (exact) mass is 268 g/mol. The van der Waals surface area contributed by atoms with Gasteiger partial charge in [0.1, 0.15) is 0 Å². The van der Waals surface area contributed by atoms with Crippen molar-refractivity contribution in [2.45, 2.75) is 25.1 Å². The standard InChI is InChI=1S/C12H16N4O.ClH/c13-11(8-10-4-2-1-3-5-10)12(17)9-16-14-6-7-15-16;/h1-7,11-12,17H,8-9,13H2;1H/t11-,12+;/m1./s1. The van der Waals surface area contributed by atoms with Crippen LogP contribution in [0.4, 0.5) is 0 Å². The Bertz CT molecular complexity index is 435. The lowest BCUT2D eigenvalue weighted by molar-refractivity contribution is 0.115. The second kappa shape index (κ2) is 7.10. The van der Waals surface area contributed by atoms with E-state index < -0.39 is 6.10 Å². The number of benzene rings is 1. The molecule has 0 aliphatic heterocycles. The van der Waals surface area contributed by atoms with Crippen molar-refractivity contribution >= 4 is 12.4 Å². The molecule has 98 valence electrons. The molecule has 0 bridgehead atoms. The summed E-state index contributed by atoms with van der Waals surface area (Å²) in [6.45, 7) is 0.320. The fourth-order valence-corrected chi connectivity index (χ4v) is 1.66. The Hall–Kier alpha value is -1.43. The van der Waals surface area contributed by atoms with Crippen molar-refractivity contribution in [3.63, 3.8) is 0 Å². The minimum absolute atomic E-state index is 0. The van der Waals surface area contributed by atoms with E-state index in [-0.39, 0.29) is 18.4 Å². The maximum absolute atomic E-state index is 9.92. The average Bonchev–Trinajstić information content (AvgIpc) is 2.83. The highest BCUT2D eigenvalue weighted by molar-refractivity contribution is 5.85. The largest absolute Gasteiger partial charge is 0.389 e. The van der Waals surface area contributed by atoms with E-state index >= 15 is 0 Å². The summed E-state index contributed by atoms with van der Waals surface area (Å²) < 4.78 is 0. The summed E-state index contributed by atoms with van der Waals surface area (Å²) in [4.78, 5) is 1.44. The van der Waals surface area contributed by atoms with Gasteiger partial charge in [0.05, 0.1) is 25.0 Å². The molecule has 0 saturated heterocycles. The summed E-state index contributed by atoms with van der Waals surface area (Å²) in [7, 11) is 0. The average molecular weight is 269 g/mol. The Morgan fingerprint density at radius 1 is 1.17 bits per heavy atom. The zero-order valence-corrected chi connectivity index (χ0v) is 10.7. The van der Waals surface area contributed by atoms with E-state index in [1.54, 1.807) is 12.4 Å². The first-order valence-corrected chi connectivity index (χ1v) is 5.57. The molecule has 1 heterocycles. The smallest absolute Gasteiger partial charge is 0.0907 e. The summed E-state index contributed by atoms with van der Waals surface area (Å²) in [5.41, 5.74) is 7.06. The topological polar surface area (TPSA) is 77.0 Å². The zero-order chi connectivity index (χ0) is 12.1. The van der Waals surface area contributed by atoms with E-state index in [1.165, 1.54) is 4.80 Å². The molecule has 2 rings (SSSR count). The molecular weight excluding hydrogens is 252 g/mol. The maximum atomic E-state index is 9.92. The van der Waals surface area contributed by atoms with Crippen molar-refractivity contribution in [1.29, 1.82) is 0 Å². The number of aliphatic hydroxyl groups excluding tert-OH is 1. The second-order valence-corrected chi connectivity index (χ2v) is 4.00. The van der Waals surface area contributed by atoms with Crippen LogP contribution in [0.25, 0.3) is 0 Å².